The minimum atomic E-state index is -0.488. The summed E-state index contributed by atoms with van der Waals surface area (Å²) < 4.78 is 0. The van der Waals surface area contributed by atoms with Crippen LogP contribution in [0.3, 0.4) is 0 Å². The average molecular weight is 247 g/mol. The van der Waals surface area contributed by atoms with E-state index in [1.807, 2.05) is 37.3 Å². The molecule has 1 fully saturated rings. The Labute approximate surface area is 108 Å². The predicted molar refractivity (Wildman–Crippen MR) is 71.5 cm³/mol. The maximum absolute atomic E-state index is 11.5. The van der Waals surface area contributed by atoms with E-state index in [0.717, 1.165) is 31.2 Å². The molecular weight excluding hydrogens is 226 g/mol. The van der Waals surface area contributed by atoms with Crippen LogP contribution in [-0.2, 0) is 10.2 Å². The van der Waals surface area contributed by atoms with Gasteiger partial charge in [0.2, 0.25) is 0 Å². The van der Waals surface area contributed by atoms with Gasteiger partial charge in [0.1, 0.15) is 6.29 Å². The number of aliphatic hydroxyl groups excluding tert-OH is 1. The second-order valence-corrected chi connectivity index (χ2v) is 5.43. The molecule has 1 N–H and O–H groups in total. The van der Waals surface area contributed by atoms with Crippen LogP contribution in [-0.4, -0.2) is 42.0 Å². The van der Waals surface area contributed by atoms with E-state index in [9.17, 15) is 9.90 Å². The Morgan fingerprint density at radius 1 is 1.44 bits per heavy atom. The van der Waals surface area contributed by atoms with Gasteiger partial charge in [-0.25, -0.2) is 0 Å². The first-order valence-electron chi connectivity index (χ1n) is 6.56. The third kappa shape index (κ3) is 2.98. The van der Waals surface area contributed by atoms with E-state index < -0.39 is 5.41 Å². The minimum Gasteiger partial charge on any atom is -0.392 e. The fourth-order valence-corrected chi connectivity index (χ4v) is 2.65. The molecule has 1 aliphatic rings. The van der Waals surface area contributed by atoms with Crippen molar-refractivity contribution in [2.75, 3.05) is 19.6 Å². The second-order valence-electron chi connectivity index (χ2n) is 5.43. The van der Waals surface area contributed by atoms with E-state index in [2.05, 4.69) is 4.90 Å². The fourth-order valence-electron chi connectivity index (χ4n) is 2.65. The Balaban J connectivity index is 2.11. The summed E-state index contributed by atoms with van der Waals surface area (Å²) in [7, 11) is 0. The third-order valence-electron chi connectivity index (χ3n) is 3.73. The summed E-state index contributed by atoms with van der Waals surface area (Å²) in [6.07, 6.45) is 2.67. The van der Waals surface area contributed by atoms with Crippen LogP contribution >= 0.6 is 0 Å². The molecule has 18 heavy (non-hydrogen) atoms. The number of carbonyl (C=O) groups is 1. The van der Waals surface area contributed by atoms with Crippen LogP contribution in [0.15, 0.2) is 30.3 Å². The normalized spacial score (nSPS) is 24.4. The molecule has 2 unspecified atom stereocenters. The minimum absolute atomic E-state index is 0.245. The van der Waals surface area contributed by atoms with Crippen LogP contribution in [0.25, 0.3) is 0 Å². The second kappa shape index (κ2) is 5.63. The summed E-state index contributed by atoms with van der Waals surface area (Å²) in [6.45, 7) is 4.29. The number of hydrogen-bond donors (Lipinski definition) is 1. The fraction of sp³-hybridized carbons (Fsp3) is 0.533. The maximum atomic E-state index is 11.5. The van der Waals surface area contributed by atoms with E-state index in [-0.39, 0.29) is 6.10 Å². The molecule has 3 heteroatoms. The lowest BCUT2D eigenvalue weighted by Gasteiger charge is -2.36. The van der Waals surface area contributed by atoms with Gasteiger partial charge in [0.25, 0.3) is 0 Å². The topological polar surface area (TPSA) is 40.5 Å². The van der Waals surface area contributed by atoms with Crippen LogP contribution in [0.1, 0.15) is 25.3 Å². The van der Waals surface area contributed by atoms with Crippen LogP contribution in [0, 0.1) is 0 Å². The summed E-state index contributed by atoms with van der Waals surface area (Å²) in [5.41, 5.74) is 0.554. The maximum Gasteiger partial charge on any atom is 0.131 e. The molecule has 2 rings (SSSR count). The van der Waals surface area contributed by atoms with Crippen LogP contribution < -0.4 is 0 Å². The van der Waals surface area contributed by atoms with Crippen LogP contribution in [0.4, 0.5) is 0 Å². The van der Waals surface area contributed by atoms with Gasteiger partial charge in [-0.1, -0.05) is 30.3 Å². The molecule has 0 spiro atoms. The number of aliphatic hydroxyl groups is 1. The van der Waals surface area contributed by atoms with E-state index in [0.29, 0.717) is 13.1 Å². The molecule has 98 valence electrons. The highest BCUT2D eigenvalue weighted by Crippen LogP contribution is 2.24. The molecule has 0 saturated carbocycles. The van der Waals surface area contributed by atoms with Crippen molar-refractivity contribution in [3.05, 3.63) is 35.9 Å². The number of β-amino-alcohol motifs (C(OH)–C–C–N with tert-alkyl or cyclic N) is 1. The first-order valence-corrected chi connectivity index (χ1v) is 6.56. The number of piperidine rings is 1. The quantitative estimate of drug-likeness (QED) is 0.822. The Kier molecular flexibility index (Phi) is 4.15. The van der Waals surface area contributed by atoms with Crippen molar-refractivity contribution < 1.29 is 9.90 Å². The molecule has 1 heterocycles. The standard InChI is InChI=1S/C15H21NO2/c1-15(12-17,13-6-3-2-4-7-13)11-16-9-5-8-14(18)10-16/h2-4,6-7,12,14,18H,5,8-11H2,1H3. The zero-order chi connectivity index (χ0) is 13.0. The highest BCUT2D eigenvalue weighted by Gasteiger charge is 2.30. The summed E-state index contributed by atoms with van der Waals surface area (Å²) in [5, 5.41) is 9.69. The van der Waals surface area contributed by atoms with Crippen molar-refractivity contribution in [3.8, 4) is 0 Å². The van der Waals surface area contributed by atoms with Gasteiger partial charge in [-0.3, -0.25) is 4.90 Å². The lowest BCUT2D eigenvalue weighted by atomic mass is 9.83. The van der Waals surface area contributed by atoms with Crippen molar-refractivity contribution in [1.82, 2.24) is 4.90 Å². The van der Waals surface area contributed by atoms with Gasteiger partial charge in [-0.05, 0) is 31.9 Å². The molecule has 3 nitrogen and oxygen atoms in total. The Hall–Kier alpha value is -1.19. The third-order valence-corrected chi connectivity index (χ3v) is 3.73. The Bertz CT molecular complexity index is 393. The Morgan fingerprint density at radius 3 is 2.78 bits per heavy atom. The van der Waals surface area contributed by atoms with Crippen LogP contribution in [0.5, 0.6) is 0 Å². The first-order chi connectivity index (χ1) is 8.64. The zero-order valence-electron chi connectivity index (χ0n) is 10.9. The van der Waals surface area contributed by atoms with Crippen molar-refractivity contribution >= 4 is 6.29 Å². The summed E-state index contributed by atoms with van der Waals surface area (Å²) in [6, 6.07) is 9.87. The number of hydrogen-bond acceptors (Lipinski definition) is 3. The van der Waals surface area contributed by atoms with Gasteiger partial charge < -0.3 is 9.90 Å². The molecule has 0 amide bonds. The summed E-state index contributed by atoms with van der Waals surface area (Å²) >= 11 is 0. The molecule has 0 radical (unpaired) electrons. The lowest BCUT2D eigenvalue weighted by molar-refractivity contribution is -0.113. The SMILES string of the molecule is CC(C=O)(CN1CCCC(O)C1)c1ccccc1. The van der Waals surface area contributed by atoms with Gasteiger partial charge in [0.05, 0.1) is 11.5 Å². The highest BCUT2D eigenvalue weighted by atomic mass is 16.3. The van der Waals surface area contributed by atoms with E-state index >= 15 is 0 Å². The van der Waals surface area contributed by atoms with E-state index in [4.69, 9.17) is 0 Å². The molecule has 0 aromatic heterocycles. The van der Waals surface area contributed by atoms with Crippen molar-refractivity contribution in [3.63, 3.8) is 0 Å². The first kappa shape index (κ1) is 13.2. The van der Waals surface area contributed by atoms with Gasteiger partial charge in [-0.2, -0.15) is 0 Å². The number of likely N-dealkylation sites (tertiary alicyclic amines) is 1. The van der Waals surface area contributed by atoms with Crippen LogP contribution in [0.2, 0.25) is 0 Å². The van der Waals surface area contributed by atoms with Crippen molar-refractivity contribution in [2.45, 2.75) is 31.3 Å². The number of nitrogens with zero attached hydrogens (tertiary/aromatic N) is 1. The molecule has 0 bridgehead atoms. The van der Waals surface area contributed by atoms with Crippen molar-refractivity contribution in [2.24, 2.45) is 0 Å². The smallest absolute Gasteiger partial charge is 0.131 e. The predicted octanol–water partition coefficient (Wildman–Crippen LogP) is 1.60. The summed E-state index contributed by atoms with van der Waals surface area (Å²) in [4.78, 5) is 13.7. The summed E-state index contributed by atoms with van der Waals surface area (Å²) in [5.74, 6) is 0. The van der Waals surface area contributed by atoms with Gasteiger partial charge >= 0.3 is 0 Å². The number of rotatable bonds is 4. The largest absolute Gasteiger partial charge is 0.392 e. The molecule has 0 aliphatic carbocycles. The molecule has 1 saturated heterocycles. The molecule has 1 aromatic carbocycles. The molecule has 1 aromatic rings. The monoisotopic (exact) mass is 247 g/mol. The molecule has 1 aliphatic heterocycles. The van der Waals surface area contributed by atoms with Crippen molar-refractivity contribution in [1.29, 1.82) is 0 Å². The molecular formula is C15H21NO2. The highest BCUT2D eigenvalue weighted by molar-refractivity contribution is 5.68. The zero-order valence-corrected chi connectivity index (χ0v) is 10.9. The lowest BCUT2D eigenvalue weighted by Crippen LogP contribution is -2.46. The van der Waals surface area contributed by atoms with E-state index in [1.165, 1.54) is 0 Å². The van der Waals surface area contributed by atoms with Gasteiger partial charge in [0, 0.05) is 13.1 Å². The van der Waals surface area contributed by atoms with Gasteiger partial charge in [0.15, 0.2) is 0 Å². The number of benzene rings is 1. The van der Waals surface area contributed by atoms with Gasteiger partial charge in [-0.15, -0.1) is 0 Å². The Morgan fingerprint density at radius 2 is 2.17 bits per heavy atom. The molecule has 2 atom stereocenters. The number of carbonyl (C=O) groups excluding carboxylic acids is 1. The average Bonchev–Trinajstić information content (AvgIpc) is 2.39. The van der Waals surface area contributed by atoms with E-state index in [1.54, 1.807) is 0 Å². The number of aldehydes is 1.